The van der Waals surface area contributed by atoms with Gasteiger partial charge in [0.1, 0.15) is 5.82 Å². The average molecular weight is 333 g/mol. The van der Waals surface area contributed by atoms with Crippen molar-refractivity contribution in [1.82, 2.24) is 0 Å². The molecule has 0 radical (unpaired) electrons. The van der Waals surface area contributed by atoms with Crippen LogP contribution in [0.2, 0.25) is 0 Å². The van der Waals surface area contributed by atoms with Gasteiger partial charge in [-0.2, -0.15) is 0 Å². The van der Waals surface area contributed by atoms with E-state index in [4.69, 9.17) is 0 Å². The molecule has 0 unspecified atom stereocenters. The molecular formula is C6H3BrFIS. The van der Waals surface area contributed by atoms with E-state index in [0.29, 0.717) is 4.90 Å². The van der Waals surface area contributed by atoms with Gasteiger partial charge in [0.15, 0.2) is 0 Å². The van der Waals surface area contributed by atoms with Crippen LogP contribution in [0.25, 0.3) is 0 Å². The average Bonchev–Trinajstić information content (AvgIpc) is 1.82. The lowest BCUT2D eigenvalue weighted by atomic mass is 10.3. The minimum absolute atomic E-state index is 0.290. The van der Waals surface area contributed by atoms with E-state index < -0.39 is 0 Å². The Morgan fingerprint density at radius 2 is 2.10 bits per heavy atom. The van der Waals surface area contributed by atoms with Crippen LogP contribution in [0.5, 0.6) is 0 Å². The standard InChI is InChI=1S/C6H3BrFIS/c7-3-1-4(8)6(10)5(9)2-3/h1-2,10H. The lowest BCUT2D eigenvalue weighted by Gasteiger charge is -1.98. The smallest absolute Gasteiger partial charge is 0.138 e. The molecule has 0 saturated carbocycles. The number of thiol groups is 1. The zero-order valence-electron chi connectivity index (χ0n) is 4.74. The van der Waals surface area contributed by atoms with Crippen molar-refractivity contribution in [1.29, 1.82) is 0 Å². The van der Waals surface area contributed by atoms with Crippen molar-refractivity contribution in [2.24, 2.45) is 0 Å². The van der Waals surface area contributed by atoms with E-state index in [-0.39, 0.29) is 5.82 Å². The fourth-order valence-electron chi connectivity index (χ4n) is 0.535. The fraction of sp³-hybridized carbons (Fsp3) is 0. The molecule has 0 fully saturated rings. The van der Waals surface area contributed by atoms with Gasteiger partial charge in [0.2, 0.25) is 0 Å². The van der Waals surface area contributed by atoms with Gasteiger partial charge in [-0.25, -0.2) is 4.39 Å². The molecule has 0 aliphatic heterocycles. The van der Waals surface area contributed by atoms with Gasteiger partial charge in [0.25, 0.3) is 0 Å². The number of benzene rings is 1. The van der Waals surface area contributed by atoms with Crippen LogP contribution in [0, 0.1) is 9.39 Å². The van der Waals surface area contributed by atoms with E-state index >= 15 is 0 Å². The second-order valence-corrected chi connectivity index (χ2v) is 4.24. The summed E-state index contributed by atoms with van der Waals surface area (Å²) in [4.78, 5) is 0.406. The second kappa shape index (κ2) is 3.40. The number of halogens is 3. The van der Waals surface area contributed by atoms with Crippen LogP contribution in [0.15, 0.2) is 21.5 Å². The molecule has 1 rings (SSSR count). The first-order chi connectivity index (χ1) is 4.61. The van der Waals surface area contributed by atoms with Crippen molar-refractivity contribution in [2.45, 2.75) is 4.90 Å². The highest BCUT2D eigenvalue weighted by Gasteiger charge is 2.02. The van der Waals surface area contributed by atoms with Gasteiger partial charge in [-0.1, -0.05) is 15.9 Å². The summed E-state index contributed by atoms with van der Waals surface area (Å²) in [6.45, 7) is 0. The van der Waals surface area contributed by atoms with Gasteiger partial charge in [-0.05, 0) is 34.7 Å². The molecule has 54 valence electrons. The Balaban J connectivity index is 3.31. The van der Waals surface area contributed by atoms with Crippen molar-refractivity contribution in [3.05, 3.63) is 26.0 Å². The lowest BCUT2D eigenvalue weighted by Crippen LogP contribution is -1.82. The van der Waals surface area contributed by atoms with Crippen LogP contribution in [0.1, 0.15) is 0 Å². The maximum atomic E-state index is 12.7. The molecule has 4 heteroatoms. The molecule has 0 aromatic heterocycles. The zero-order chi connectivity index (χ0) is 7.72. The van der Waals surface area contributed by atoms with Crippen LogP contribution < -0.4 is 0 Å². The molecule has 0 aliphatic rings. The van der Waals surface area contributed by atoms with E-state index in [1.807, 2.05) is 28.7 Å². The summed E-state index contributed by atoms with van der Waals surface area (Å²) in [6.07, 6.45) is 0. The minimum Gasteiger partial charge on any atom is -0.206 e. The molecule has 0 N–H and O–H groups in total. The molecular weight excluding hydrogens is 330 g/mol. The Hall–Kier alpha value is 0.710. The van der Waals surface area contributed by atoms with E-state index in [9.17, 15) is 4.39 Å². The van der Waals surface area contributed by atoms with Gasteiger partial charge in [0, 0.05) is 8.04 Å². The largest absolute Gasteiger partial charge is 0.206 e. The first-order valence-electron chi connectivity index (χ1n) is 2.45. The Morgan fingerprint density at radius 1 is 1.50 bits per heavy atom. The molecule has 0 aliphatic carbocycles. The monoisotopic (exact) mass is 332 g/mol. The van der Waals surface area contributed by atoms with Crippen LogP contribution in [-0.4, -0.2) is 0 Å². The predicted molar refractivity (Wildman–Crippen MR) is 54.1 cm³/mol. The van der Waals surface area contributed by atoms with Crippen LogP contribution in [0.4, 0.5) is 4.39 Å². The molecule has 0 spiro atoms. The third-order valence-corrected chi connectivity index (χ3v) is 3.17. The highest BCUT2D eigenvalue weighted by atomic mass is 127. The molecule has 0 nitrogen and oxygen atoms in total. The molecule has 1 aromatic rings. The van der Waals surface area contributed by atoms with E-state index in [0.717, 1.165) is 8.04 Å². The van der Waals surface area contributed by atoms with Crippen molar-refractivity contribution in [2.75, 3.05) is 0 Å². The van der Waals surface area contributed by atoms with Gasteiger partial charge >= 0.3 is 0 Å². The van der Waals surface area contributed by atoms with Crippen LogP contribution in [-0.2, 0) is 0 Å². The normalized spacial score (nSPS) is 10.0. The second-order valence-electron chi connectivity index (χ2n) is 1.72. The van der Waals surface area contributed by atoms with Crippen molar-refractivity contribution in [3.8, 4) is 0 Å². The van der Waals surface area contributed by atoms with Crippen LogP contribution in [0.3, 0.4) is 0 Å². The van der Waals surface area contributed by atoms with Gasteiger partial charge in [-0.15, -0.1) is 12.6 Å². The minimum atomic E-state index is -0.290. The topological polar surface area (TPSA) is 0 Å². The van der Waals surface area contributed by atoms with Crippen molar-refractivity contribution in [3.63, 3.8) is 0 Å². The predicted octanol–water partition coefficient (Wildman–Crippen LogP) is 3.48. The Labute approximate surface area is 85.9 Å². The first-order valence-corrected chi connectivity index (χ1v) is 4.76. The molecule has 0 saturated heterocycles. The Morgan fingerprint density at radius 3 is 2.60 bits per heavy atom. The molecule has 0 atom stereocenters. The van der Waals surface area contributed by atoms with E-state index in [2.05, 4.69) is 28.6 Å². The van der Waals surface area contributed by atoms with Gasteiger partial charge in [-0.3, -0.25) is 0 Å². The molecule has 10 heavy (non-hydrogen) atoms. The number of rotatable bonds is 0. The number of hydrogen-bond donors (Lipinski definition) is 1. The third-order valence-electron chi connectivity index (χ3n) is 0.982. The summed E-state index contributed by atoms with van der Waals surface area (Å²) in [6, 6.07) is 3.20. The summed E-state index contributed by atoms with van der Waals surface area (Å²) in [7, 11) is 0. The Kier molecular flexibility index (Phi) is 3.00. The van der Waals surface area contributed by atoms with E-state index in [1.165, 1.54) is 6.07 Å². The van der Waals surface area contributed by atoms with E-state index in [1.54, 1.807) is 0 Å². The van der Waals surface area contributed by atoms with Gasteiger partial charge in [0.05, 0.1) is 4.90 Å². The molecule has 0 amide bonds. The fourth-order valence-corrected chi connectivity index (χ4v) is 2.11. The molecule has 0 heterocycles. The summed E-state index contributed by atoms with van der Waals surface area (Å²) < 4.78 is 14.3. The molecule has 1 aromatic carbocycles. The SMILES string of the molecule is Fc1cc(Br)cc(I)c1S. The van der Waals surface area contributed by atoms with Crippen molar-refractivity contribution >= 4 is 51.1 Å². The quantitative estimate of drug-likeness (QED) is 0.546. The summed E-state index contributed by atoms with van der Waals surface area (Å²) in [5, 5.41) is 0. The summed E-state index contributed by atoms with van der Waals surface area (Å²) in [5.41, 5.74) is 0. The highest BCUT2D eigenvalue weighted by molar-refractivity contribution is 14.1. The summed E-state index contributed by atoms with van der Waals surface area (Å²) >= 11 is 9.15. The van der Waals surface area contributed by atoms with Crippen molar-refractivity contribution < 1.29 is 4.39 Å². The van der Waals surface area contributed by atoms with Crippen LogP contribution >= 0.6 is 51.1 Å². The maximum absolute atomic E-state index is 12.7. The zero-order valence-corrected chi connectivity index (χ0v) is 9.37. The third kappa shape index (κ3) is 1.85. The Bertz CT molecular complexity index is 241. The molecule has 0 bridgehead atoms. The summed E-state index contributed by atoms with van der Waals surface area (Å²) in [5.74, 6) is -0.290. The maximum Gasteiger partial charge on any atom is 0.138 e. The first kappa shape index (κ1) is 8.80. The van der Waals surface area contributed by atoms with Gasteiger partial charge < -0.3 is 0 Å². The lowest BCUT2D eigenvalue weighted by molar-refractivity contribution is 0.599. The number of hydrogen-bond acceptors (Lipinski definition) is 1. The highest BCUT2D eigenvalue weighted by Crippen LogP contribution is 2.24.